The first-order valence-electron chi connectivity index (χ1n) is 9.44. The summed E-state index contributed by atoms with van der Waals surface area (Å²) >= 11 is 0. The highest BCUT2D eigenvalue weighted by molar-refractivity contribution is 7.89. The number of furan rings is 1. The van der Waals surface area contributed by atoms with Gasteiger partial charge in [0.05, 0.1) is 31.0 Å². The number of rotatable bonds is 9. The molecule has 1 amide bonds. The first kappa shape index (κ1) is 22.3. The molecule has 2 aromatic carbocycles. The van der Waals surface area contributed by atoms with Crippen LogP contribution in [0.25, 0.3) is 0 Å². The van der Waals surface area contributed by atoms with E-state index in [-0.39, 0.29) is 11.4 Å². The van der Waals surface area contributed by atoms with Crippen LogP contribution in [0.4, 0.5) is 0 Å². The maximum atomic E-state index is 13.3. The molecule has 1 aromatic heterocycles. The van der Waals surface area contributed by atoms with Crippen LogP contribution in [0.2, 0.25) is 0 Å². The van der Waals surface area contributed by atoms with Crippen LogP contribution in [0, 0.1) is 6.92 Å². The van der Waals surface area contributed by atoms with Gasteiger partial charge >= 0.3 is 0 Å². The van der Waals surface area contributed by atoms with Crippen molar-refractivity contribution in [1.82, 2.24) is 9.73 Å². The van der Waals surface area contributed by atoms with Gasteiger partial charge in [-0.1, -0.05) is 30.3 Å². The van der Waals surface area contributed by atoms with Gasteiger partial charge in [0.1, 0.15) is 11.5 Å². The molecule has 0 aliphatic carbocycles. The van der Waals surface area contributed by atoms with E-state index in [0.29, 0.717) is 17.1 Å². The van der Waals surface area contributed by atoms with Crippen LogP contribution in [-0.4, -0.2) is 38.5 Å². The molecular formula is C22H23N3O5S. The number of carbonyl (C=O) groups is 1. The second-order valence-corrected chi connectivity index (χ2v) is 8.64. The Labute approximate surface area is 181 Å². The van der Waals surface area contributed by atoms with Crippen molar-refractivity contribution in [3.63, 3.8) is 0 Å². The van der Waals surface area contributed by atoms with Crippen LogP contribution in [0.15, 0.2) is 81.3 Å². The second-order valence-electron chi connectivity index (χ2n) is 6.70. The van der Waals surface area contributed by atoms with Gasteiger partial charge < -0.3 is 9.15 Å². The van der Waals surface area contributed by atoms with Crippen molar-refractivity contribution in [2.24, 2.45) is 5.10 Å². The highest BCUT2D eigenvalue weighted by Gasteiger charge is 2.27. The molecule has 1 N–H and O–H groups in total. The van der Waals surface area contributed by atoms with Gasteiger partial charge in [-0.2, -0.15) is 9.41 Å². The summed E-state index contributed by atoms with van der Waals surface area (Å²) in [5.74, 6) is 0.467. The van der Waals surface area contributed by atoms with E-state index in [1.807, 2.05) is 18.2 Å². The van der Waals surface area contributed by atoms with Gasteiger partial charge in [0.2, 0.25) is 10.0 Å². The quantitative estimate of drug-likeness (QED) is 0.406. The Kier molecular flexibility index (Phi) is 7.22. The number of hydrogen-bond acceptors (Lipinski definition) is 6. The number of hydrogen-bond donors (Lipinski definition) is 1. The lowest BCUT2D eigenvalue weighted by molar-refractivity contribution is -0.121. The topological polar surface area (TPSA) is 101 Å². The van der Waals surface area contributed by atoms with Crippen molar-refractivity contribution in [1.29, 1.82) is 0 Å². The fourth-order valence-corrected chi connectivity index (χ4v) is 4.37. The Bertz CT molecular complexity index is 1140. The van der Waals surface area contributed by atoms with Gasteiger partial charge in [-0.15, -0.1) is 0 Å². The maximum absolute atomic E-state index is 13.3. The highest BCUT2D eigenvalue weighted by Crippen LogP contribution is 2.24. The molecule has 31 heavy (non-hydrogen) atoms. The van der Waals surface area contributed by atoms with Crippen LogP contribution < -0.4 is 10.2 Å². The number of amides is 1. The molecule has 162 valence electrons. The average molecular weight is 442 g/mol. The van der Waals surface area contributed by atoms with Crippen molar-refractivity contribution in [3.05, 3.63) is 83.8 Å². The zero-order valence-electron chi connectivity index (χ0n) is 17.2. The van der Waals surface area contributed by atoms with Gasteiger partial charge in [0, 0.05) is 6.54 Å². The third-order valence-corrected chi connectivity index (χ3v) is 6.24. The summed E-state index contributed by atoms with van der Waals surface area (Å²) in [5.41, 5.74) is 3.76. The number of nitrogens with one attached hydrogen (secondary N) is 1. The molecular weight excluding hydrogens is 418 g/mol. The molecule has 0 aliphatic rings. The highest BCUT2D eigenvalue weighted by atomic mass is 32.2. The van der Waals surface area contributed by atoms with Gasteiger partial charge in [0.15, 0.2) is 0 Å². The fourth-order valence-electron chi connectivity index (χ4n) is 2.90. The van der Waals surface area contributed by atoms with E-state index in [4.69, 9.17) is 9.15 Å². The molecule has 0 unspecified atom stereocenters. The average Bonchev–Trinajstić information content (AvgIpc) is 3.27. The summed E-state index contributed by atoms with van der Waals surface area (Å²) in [7, 11) is -2.44. The molecule has 0 saturated carbocycles. The van der Waals surface area contributed by atoms with Crippen LogP contribution in [0.1, 0.15) is 16.9 Å². The lowest BCUT2D eigenvalue weighted by Crippen LogP contribution is -2.39. The van der Waals surface area contributed by atoms with E-state index in [9.17, 15) is 13.2 Å². The molecule has 0 saturated heterocycles. The van der Waals surface area contributed by atoms with E-state index in [1.165, 1.54) is 31.7 Å². The minimum absolute atomic E-state index is 0.0313. The molecule has 0 fully saturated rings. The summed E-state index contributed by atoms with van der Waals surface area (Å²) in [6.07, 6.45) is 2.81. The largest absolute Gasteiger partial charge is 0.496 e. The fraction of sp³-hybridized carbons (Fsp3) is 0.182. The van der Waals surface area contributed by atoms with E-state index in [2.05, 4.69) is 10.5 Å². The first-order valence-corrected chi connectivity index (χ1v) is 10.9. The third-order valence-electron chi connectivity index (χ3n) is 4.45. The Morgan fingerprint density at radius 1 is 1.16 bits per heavy atom. The van der Waals surface area contributed by atoms with E-state index >= 15 is 0 Å². The van der Waals surface area contributed by atoms with Crippen molar-refractivity contribution in [2.45, 2.75) is 18.4 Å². The van der Waals surface area contributed by atoms with E-state index < -0.39 is 22.5 Å². The number of sulfonamides is 1. The van der Waals surface area contributed by atoms with Gasteiger partial charge in [0.25, 0.3) is 5.91 Å². The monoisotopic (exact) mass is 441 g/mol. The van der Waals surface area contributed by atoms with E-state index in [0.717, 1.165) is 9.87 Å². The van der Waals surface area contributed by atoms with Crippen molar-refractivity contribution in [2.75, 3.05) is 13.7 Å². The number of hydrazone groups is 1. The van der Waals surface area contributed by atoms with Crippen molar-refractivity contribution in [3.8, 4) is 5.75 Å². The molecule has 0 radical (unpaired) electrons. The lowest BCUT2D eigenvalue weighted by atomic mass is 10.2. The molecule has 0 aliphatic heterocycles. The maximum Gasteiger partial charge on any atom is 0.255 e. The summed E-state index contributed by atoms with van der Waals surface area (Å²) in [4.78, 5) is 12.5. The summed E-state index contributed by atoms with van der Waals surface area (Å²) in [6, 6.07) is 17.0. The summed E-state index contributed by atoms with van der Waals surface area (Å²) in [6.45, 7) is 1.39. The Hall–Kier alpha value is -3.43. The molecule has 0 spiro atoms. The number of methoxy groups -OCH3 is 1. The zero-order chi connectivity index (χ0) is 22.3. The minimum Gasteiger partial charge on any atom is -0.496 e. The molecule has 3 rings (SSSR count). The van der Waals surface area contributed by atoms with Gasteiger partial charge in [-0.05, 0) is 48.4 Å². The SMILES string of the molecule is COc1ccc(S(=O)(=O)N(CC(=O)N/N=C/c2ccco2)Cc2ccccc2)cc1C. The van der Waals surface area contributed by atoms with E-state index in [1.54, 1.807) is 37.3 Å². The van der Waals surface area contributed by atoms with Crippen molar-refractivity contribution >= 4 is 22.1 Å². The number of carbonyl (C=O) groups excluding carboxylic acids is 1. The predicted octanol–water partition coefficient (Wildman–Crippen LogP) is 2.94. The molecule has 3 aromatic rings. The Morgan fingerprint density at radius 3 is 2.58 bits per heavy atom. The smallest absolute Gasteiger partial charge is 0.255 e. The number of nitrogens with zero attached hydrogens (tertiary/aromatic N) is 2. The minimum atomic E-state index is -3.96. The lowest BCUT2D eigenvalue weighted by Gasteiger charge is -2.22. The van der Waals surface area contributed by atoms with Gasteiger partial charge in [-0.3, -0.25) is 4.79 Å². The zero-order valence-corrected chi connectivity index (χ0v) is 18.0. The molecule has 0 bridgehead atoms. The van der Waals surface area contributed by atoms with Crippen LogP contribution in [0.3, 0.4) is 0 Å². The van der Waals surface area contributed by atoms with Crippen molar-refractivity contribution < 1.29 is 22.4 Å². The van der Waals surface area contributed by atoms with Gasteiger partial charge in [-0.25, -0.2) is 13.8 Å². The number of ether oxygens (including phenoxy) is 1. The second kappa shape index (κ2) is 10.1. The van der Waals surface area contributed by atoms with Crippen LogP contribution >= 0.6 is 0 Å². The summed E-state index contributed by atoms with van der Waals surface area (Å²) in [5, 5.41) is 3.81. The normalized spacial score (nSPS) is 11.7. The predicted molar refractivity (Wildman–Crippen MR) is 116 cm³/mol. The first-order chi connectivity index (χ1) is 14.9. The molecule has 8 nitrogen and oxygen atoms in total. The Balaban J connectivity index is 1.83. The molecule has 1 heterocycles. The van der Waals surface area contributed by atoms with Crippen LogP contribution in [0.5, 0.6) is 5.75 Å². The Morgan fingerprint density at radius 2 is 1.94 bits per heavy atom. The van der Waals surface area contributed by atoms with Crippen LogP contribution in [-0.2, 0) is 21.4 Å². The summed E-state index contributed by atoms with van der Waals surface area (Å²) < 4.78 is 38.1. The third kappa shape index (κ3) is 5.80. The number of benzene rings is 2. The molecule has 0 atom stereocenters. The molecule has 9 heteroatoms. The number of aryl methyl sites for hydroxylation is 1. The standard InChI is InChI=1S/C22H23N3O5S/c1-17-13-20(10-11-21(17)29-2)31(27,28)25(15-18-7-4-3-5-8-18)16-22(26)24-23-14-19-9-6-12-30-19/h3-14H,15-16H2,1-2H3,(H,24,26)/b23-14+.